The number of halogens is 4. The van der Waals surface area contributed by atoms with Crippen molar-refractivity contribution in [2.24, 2.45) is 5.92 Å². The summed E-state index contributed by atoms with van der Waals surface area (Å²) in [6.45, 7) is -0.426. The Morgan fingerprint density at radius 3 is 2.41 bits per heavy atom. The Balaban J connectivity index is 1.67. The first-order chi connectivity index (χ1) is 15.0. The molecule has 1 saturated heterocycles. The molecule has 11 heteroatoms. The van der Waals surface area contributed by atoms with E-state index in [1.807, 2.05) is 0 Å². The van der Waals surface area contributed by atoms with Crippen LogP contribution < -0.4 is 4.74 Å². The number of aliphatic hydroxyl groups excluding tert-OH is 1. The first-order valence-electron chi connectivity index (χ1n) is 9.76. The Kier molecular flexibility index (Phi) is 7.49. The van der Waals surface area contributed by atoms with Crippen LogP contribution in [0.5, 0.6) is 5.75 Å². The highest BCUT2D eigenvalue weighted by Crippen LogP contribution is 2.32. The minimum Gasteiger partial charge on any atom is -0.406 e. The van der Waals surface area contributed by atoms with Gasteiger partial charge in [0.05, 0.1) is 11.6 Å². The fourth-order valence-electron chi connectivity index (χ4n) is 3.74. The van der Waals surface area contributed by atoms with E-state index in [0.29, 0.717) is 5.56 Å². The van der Waals surface area contributed by atoms with E-state index < -0.39 is 35.0 Å². The molecule has 174 valence electrons. The summed E-state index contributed by atoms with van der Waals surface area (Å²) in [5, 5.41) is 9.87. The van der Waals surface area contributed by atoms with Crippen LogP contribution in [0.25, 0.3) is 0 Å². The van der Waals surface area contributed by atoms with Gasteiger partial charge in [0.2, 0.25) is 10.0 Å². The maximum Gasteiger partial charge on any atom is 0.573 e. The van der Waals surface area contributed by atoms with Crippen LogP contribution in [0.1, 0.15) is 18.4 Å². The first-order valence-corrected chi connectivity index (χ1v) is 11.6. The number of hydrogen-bond donors (Lipinski definition) is 1. The van der Waals surface area contributed by atoms with Gasteiger partial charge in [0.25, 0.3) is 0 Å². The van der Waals surface area contributed by atoms with Crippen LogP contribution in [0.4, 0.5) is 13.2 Å². The second-order valence-corrected chi connectivity index (χ2v) is 9.70. The molecular weight excluding hydrogens is 471 g/mol. The Bertz CT molecular complexity index is 1060. The van der Waals surface area contributed by atoms with Crippen molar-refractivity contribution in [3.63, 3.8) is 0 Å². The minimum absolute atomic E-state index is 0.0215. The highest BCUT2D eigenvalue weighted by Gasteiger charge is 2.39. The summed E-state index contributed by atoms with van der Waals surface area (Å²) in [5.74, 6) is -1.05. The van der Waals surface area contributed by atoms with Gasteiger partial charge in [-0.3, -0.25) is 4.79 Å². The van der Waals surface area contributed by atoms with Crippen molar-refractivity contribution in [2.45, 2.75) is 36.6 Å². The third-order valence-corrected chi connectivity index (χ3v) is 7.74. The highest BCUT2D eigenvalue weighted by molar-refractivity contribution is 7.89. The number of nitrogens with zero attached hydrogens (tertiary/aromatic N) is 1. The molecule has 0 unspecified atom stereocenters. The molecule has 1 aliphatic rings. The van der Waals surface area contributed by atoms with Crippen LogP contribution in [0.2, 0.25) is 5.02 Å². The molecule has 0 amide bonds. The number of rotatable bonds is 7. The number of ether oxygens (including phenoxy) is 1. The molecule has 6 nitrogen and oxygen atoms in total. The second-order valence-electron chi connectivity index (χ2n) is 7.44. The highest BCUT2D eigenvalue weighted by atomic mass is 35.5. The van der Waals surface area contributed by atoms with Gasteiger partial charge in [-0.1, -0.05) is 35.9 Å². The normalized spacial score (nSPS) is 20.2. The van der Waals surface area contributed by atoms with E-state index >= 15 is 0 Å². The van der Waals surface area contributed by atoms with Crippen LogP contribution in [0.3, 0.4) is 0 Å². The topological polar surface area (TPSA) is 83.9 Å². The van der Waals surface area contributed by atoms with Crippen LogP contribution >= 0.6 is 11.6 Å². The summed E-state index contributed by atoms with van der Waals surface area (Å²) in [6.07, 6.45) is -4.43. The van der Waals surface area contributed by atoms with Crippen LogP contribution in [0, 0.1) is 5.92 Å². The van der Waals surface area contributed by atoms with Gasteiger partial charge in [-0.2, -0.15) is 4.31 Å². The van der Waals surface area contributed by atoms with Crippen molar-refractivity contribution in [3.8, 4) is 5.75 Å². The Morgan fingerprint density at radius 2 is 1.81 bits per heavy atom. The lowest BCUT2D eigenvalue weighted by Crippen LogP contribution is -2.49. The fourth-order valence-corrected chi connectivity index (χ4v) is 5.88. The number of ketones is 1. The van der Waals surface area contributed by atoms with Crippen molar-refractivity contribution < 1.29 is 36.2 Å². The number of Topliss-reactive ketones (excluding diaryl/α,β-unsaturated/α-hetero) is 1. The Hall–Kier alpha value is -2.14. The number of hydrogen-bond acceptors (Lipinski definition) is 5. The molecule has 2 aromatic carbocycles. The molecule has 2 aromatic rings. The minimum atomic E-state index is -4.80. The summed E-state index contributed by atoms with van der Waals surface area (Å²) >= 11 is 6.04. The Morgan fingerprint density at radius 1 is 1.16 bits per heavy atom. The SMILES string of the molecule is O=C(Cc1ccc(OC(F)(F)F)cc1)[C@@H]1CCN(S(=O)(=O)c2ccccc2Cl)[C@@H](CO)C1. The smallest absolute Gasteiger partial charge is 0.406 e. The second kappa shape index (κ2) is 9.78. The molecule has 32 heavy (non-hydrogen) atoms. The van der Waals surface area contributed by atoms with Gasteiger partial charge in [0.15, 0.2) is 0 Å². The zero-order valence-corrected chi connectivity index (χ0v) is 18.3. The summed E-state index contributed by atoms with van der Waals surface area (Å²) < 4.78 is 67.8. The molecule has 1 N–H and O–H groups in total. The quantitative estimate of drug-likeness (QED) is 0.636. The molecule has 1 heterocycles. The predicted molar refractivity (Wildman–Crippen MR) is 111 cm³/mol. The summed E-state index contributed by atoms with van der Waals surface area (Å²) in [5.41, 5.74) is 0.510. The van der Waals surface area contributed by atoms with Gasteiger partial charge < -0.3 is 9.84 Å². The molecular formula is C21H21ClF3NO5S. The van der Waals surface area contributed by atoms with Crippen molar-refractivity contribution >= 4 is 27.4 Å². The van der Waals surface area contributed by atoms with E-state index in [-0.39, 0.29) is 47.3 Å². The third-order valence-electron chi connectivity index (χ3n) is 5.29. The maximum atomic E-state index is 13.0. The molecule has 0 bridgehead atoms. The third kappa shape index (κ3) is 5.80. The van der Waals surface area contributed by atoms with Crippen LogP contribution in [0.15, 0.2) is 53.4 Å². The van der Waals surface area contributed by atoms with Gasteiger partial charge in [0, 0.05) is 24.9 Å². The monoisotopic (exact) mass is 491 g/mol. The van der Waals surface area contributed by atoms with Gasteiger partial charge in [-0.15, -0.1) is 13.2 Å². The zero-order chi connectivity index (χ0) is 23.5. The predicted octanol–water partition coefficient (Wildman–Crippen LogP) is 3.81. The molecule has 0 saturated carbocycles. The van der Waals surface area contributed by atoms with Crippen molar-refractivity contribution in [1.82, 2.24) is 4.31 Å². The van der Waals surface area contributed by atoms with E-state index in [4.69, 9.17) is 11.6 Å². The van der Waals surface area contributed by atoms with Crippen molar-refractivity contribution in [2.75, 3.05) is 13.2 Å². The summed E-state index contributed by atoms with van der Waals surface area (Å²) in [6, 6.07) is 10.2. The number of aliphatic hydroxyl groups is 1. The van der Waals surface area contributed by atoms with Gasteiger partial charge >= 0.3 is 6.36 Å². The number of sulfonamides is 1. The molecule has 0 radical (unpaired) electrons. The standard InChI is InChI=1S/C21H21ClF3NO5S/c22-18-3-1-2-4-20(18)32(29,30)26-10-9-15(12-16(26)13-27)19(28)11-14-5-7-17(8-6-14)31-21(23,24)25/h1-8,15-16,27H,9-13H2/t15-,16-/m1/s1. The molecule has 1 fully saturated rings. The average molecular weight is 492 g/mol. The molecule has 1 aliphatic heterocycles. The number of piperidine rings is 1. The average Bonchev–Trinajstić information content (AvgIpc) is 2.73. The van der Waals surface area contributed by atoms with E-state index in [1.165, 1.54) is 28.6 Å². The molecule has 2 atom stereocenters. The lowest BCUT2D eigenvalue weighted by molar-refractivity contribution is -0.274. The van der Waals surface area contributed by atoms with Crippen molar-refractivity contribution in [1.29, 1.82) is 0 Å². The van der Waals surface area contributed by atoms with E-state index in [9.17, 15) is 31.5 Å². The first kappa shape index (κ1) is 24.5. The molecule has 0 spiro atoms. The lowest BCUT2D eigenvalue weighted by Gasteiger charge is -2.37. The number of carbonyl (C=O) groups is 1. The van der Waals surface area contributed by atoms with Crippen molar-refractivity contribution in [3.05, 3.63) is 59.1 Å². The van der Waals surface area contributed by atoms with Gasteiger partial charge in [-0.25, -0.2) is 8.42 Å². The largest absolute Gasteiger partial charge is 0.573 e. The zero-order valence-electron chi connectivity index (χ0n) is 16.8. The maximum absolute atomic E-state index is 13.0. The number of alkyl halides is 3. The fraction of sp³-hybridized carbons (Fsp3) is 0.381. The molecule has 3 rings (SSSR count). The summed E-state index contributed by atoms with van der Waals surface area (Å²) in [4.78, 5) is 12.7. The Labute approximate surface area is 188 Å². The molecule has 0 aliphatic carbocycles. The van der Waals surface area contributed by atoms with Crippen LogP contribution in [-0.4, -0.2) is 49.2 Å². The number of benzene rings is 2. The van der Waals surface area contributed by atoms with E-state index in [1.54, 1.807) is 12.1 Å². The number of carbonyl (C=O) groups excluding carboxylic acids is 1. The van der Waals surface area contributed by atoms with Gasteiger partial charge in [0.1, 0.15) is 16.4 Å². The summed E-state index contributed by atoms with van der Waals surface area (Å²) in [7, 11) is -3.96. The van der Waals surface area contributed by atoms with Gasteiger partial charge in [-0.05, 0) is 42.7 Å². The lowest BCUT2D eigenvalue weighted by atomic mass is 9.86. The van der Waals surface area contributed by atoms with E-state index in [0.717, 1.165) is 12.1 Å². The molecule has 0 aromatic heterocycles. The van der Waals surface area contributed by atoms with Crippen LogP contribution in [-0.2, 0) is 21.2 Å². The van der Waals surface area contributed by atoms with E-state index in [2.05, 4.69) is 4.74 Å².